The zero-order valence-corrected chi connectivity index (χ0v) is 18.9. The number of aromatic amines is 2. The third-order valence-corrected chi connectivity index (χ3v) is 7.30. The van der Waals surface area contributed by atoms with Crippen molar-refractivity contribution < 1.29 is 4.39 Å². The Morgan fingerprint density at radius 3 is 2.52 bits per heavy atom. The molecule has 1 fully saturated rings. The summed E-state index contributed by atoms with van der Waals surface area (Å²) in [6.45, 7) is 8.60. The molecule has 1 saturated heterocycles. The number of hydrogen-bond acceptors (Lipinski definition) is 3. The Kier molecular flexibility index (Phi) is 5.40. The maximum absolute atomic E-state index is 13.7. The van der Waals surface area contributed by atoms with Gasteiger partial charge in [-0.3, -0.25) is 9.80 Å². The first-order chi connectivity index (χ1) is 16.2. The van der Waals surface area contributed by atoms with Gasteiger partial charge in [-0.05, 0) is 48.4 Å². The molecule has 170 valence electrons. The second-order valence-electron chi connectivity index (χ2n) is 9.22. The van der Waals surface area contributed by atoms with Gasteiger partial charge in [-0.2, -0.15) is 0 Å². The van der Waals surface area contributed by atoms with E-state index in [2.05, 4.69) is 55.0 Å². The fourth-order valence-electron chi connectivity index (χ4n) is 5.36. The molecule has 4 heterocycles. The van der Waals surface area contributed by atoms with Crippen molar-refractivity contribution in [3.8, 4) is 0 Å². The van der Waals surface area contributed by atoms with Crippen molar-refractivity contribution in [3.05, 3.63) is 72.3 Å². The van der Waals surface area contributed by atoms with Crippen molar-refractivity contribution >= 4 is 33.1 Å². The van der Waals surface area contributed by atoms with Crippen LogP contribution in [0.2, 0.25) is 0 Å². The largest absolute Gasteiger partial charge is 0.368 e. The zero-order valence-electron chi connectivity index (χ0n) is 18.9. The van der Waals surface area contributed by atoms with Crippen molar-refractivity contribution in [2.75, 3.05) is 57.3 Å². The molecule has 0 aliphatic carbocycles. The van der Waals surface area contributed by atoms with Gasteiger partial charge >= 0.3 is 0 Å². The van der Waals surface area contributed by atoms with Crippen molar-refractivity contribution in [2.24, 2.45) is 0 Å². The normalized spacial score (nSPS) is 18.3. The predicted octanol–water partition coefficient (Wildman–Crippen LogP) is 4.70. The second kappa shape index (κ2) is 8.69. The molecule has 0 saturated carbocycles. The van der Waals surface area contributed by atoms with E-state index < -0.39 is 0 Å². The van der Waals surface area contributed by atoms with Crippen LogP contribution in [0.1, 0.15) is 12.0 Å². The van der Waals surface area contributed by atoms with Crippen LogP contribution >= 0.6 is 0 Å². The number of nitrogens with one attached hydrogen (secondary N) is 2. The van der Waals surface area contributed by atoms with Gasteiger partial charge in [0.05, 0.1) is 0 Å². The fourth-order valence-corrected chi connectivity index (χ4v) is 5.36. The Morgan fingerprint density at radius 2 is 1.67 bits per heavy atom. The number of anilines is 1. The number of benzene rings is 2. The molecule has 6 heteroatoms. The average molecular weight is 444 g/mol. The molecule has 2 aromatic heterocycles. The molecule has 0 bridgehead atoms. The molecule has 2 aliphatic rings. The minimum absolute atomic E-state index is 0.175. The van der Waals surface area contributed by atoms with Crippen LogP contribution < -0.4 is 4.90 Å². The lowest BCUT2D eigenvalue weighted by Gasteiger charge is -2.37. The summed E-state index contributed by atoms with van der Waals surface area (Å²) in [4.78, 5) is 14.3. The summed E-state index contributed by atoms with van der Waals surface area (Å²) in [6, 6.07) is 13.7. The lowest BCUT2D eigenvalue weighted by Crippen LogP contribution is -2.48. The van der Waals surface area contributed by atoms with Gasteiger partial charge in [-0.1, -0.05) is 12.1 Å². The van der Waals surface area contributed by atoms with E-state index in [4.69, 9.17) is 0 Å². The molecular weight excluding hydrogens is 413 g/mol. The summed E-state index contributed by atoms with van der Waals surface area (Å²) in [5, 5.41) is 2.31. The van der Waals surface area contributed by atoms with Crippen LogP contribution in [0.5, 0.6) is 0 Å². The Labute approximate surface area is 193 Å². The molecule has 6 rings (SSSR count). The molecule has 4 aromatic rings. The van der Waals surface area contributed by atoms with E-state index in [1.807, 2.05) is 18.5 Å². The molecule has 0 atom stereocenters. The van der Waals surface area contributed by atoms with Crippen LogP contribution in [-0.2, 0) is 0 Å². The number of nitrogens with zero attached hydrogens (tertiary/aromatic N) is 3. The smallest absolute Gasteiger partial charge is 0.123 e. The number of rotatable bonds is 5. The van der Waals surface area contributed by atoms with Gasteiger partial charge in [0, 0.05) is 97.8 Å². The standard InChI is InChI=1S/C27H30FN5/c28-21-4-5-26-23(18-21)24(19-30-26)20-7-10-31(11-8-20)12-13-32-14-16-33(17-15-32)27-3-1-2-25-22(27)6-9-29-25/h1-7,9,18-19,29-30H,8,10-17H2. The van der Waals surface area contributed by atoms with Gasteiger partial charge in [-0.25, -0.2) is 4.39 Å². The quantitative estimate of drug-likeness (QED) is 0.470. The minimum Gasteiger partial charge on any atom is -0.368 e. The highest BCUT2D eigenvalue weighted by molar-refractivity contribution is 5.93. The minimum atomic E-state index is -0.175. The van der Waals surface area contributed by atoms with Crippen LogP contribution in [-0.4, -0.2) is 72.1 Å². The molecule has 2 aromatic carbocycles. The Bertz CT molecular complexity index is 1290. The van der Waals surface area contributed by atoms with Gasteiger partial charge in [0.25, 0.3) is 0 Å². The van der Waals surface area contributed by atoms with Gasteiger partial charge in [0.15, 0.2) is 0 Å². The molecule has 5 nitrogen and oxygen atoms in total. The number of H-pyrrole nitrogens is 2. The molecule has 33 heavy (non-hydrogen) atoms. The Hall–Kier alpha value is -3.09. The predicted molar refractivity (Wildman–Crippen MR) is 134 cm³/mol. The van der Waals surface area contributed by atoms with Crippen LogP contribution in [0.15, 0.2) is 60.9 Å². The molecule has 0 amide bonds. The maximum Gasteiger partial charge on any atom is 0.123 e. The highest BCUT2D eigenvalue weighted by Gasteiger charge is 2.21. The first-order valence-electron chi connectivity index (χ1n) is 12.0. The van der Waals surface area contributed by atoms with Crippen LogP contribution in [0.25, 0.3) is 27.4 Å². The van der Waals surface area contributed by atoms with E-state index in [0.29, 0.717) is 0 Å². The van der Waals surface area contributed by atoms with E-state index in [1.54, 1.807) is 6.07 Å². The van der Waals surface area contributed by atoms with E-state index in [9.17, 15) is 4.39 Å². The van der Waals surface area contributed by atoms with E-state index in [-0.39, 0.29) is 5.82 Å². The number of piperazine rings is 1. The Balaban J connectivity index is 1.02. The summed E-state index contributed by atoms with van der Waals surface area (Å²) in [5.41, 5.74) is 6.04. The maximum atomic E-state index is 13.7. The lowest BCUT2D eigenvalue weighted by molar-refractivity contribution is 0.206. The average Bonchev–Trinajstić information content (AvgIpc) is 3.50. The summed E-state index contributed by atoms with van der Waals surface area (Å²) in [6.07, 6.45) is 7.39. The molecule has 0 spiro atoms. The van der Waals surface area contributed by atoms with Crippen molar-refractivity contribution in [1.29, 1.82) is 0 Å². The Morgan fingerprint density at radius 1 is 0.818 bits per heavy atom. The third-order valence-electron chi connectivity index (χ3n) is 7.30. The SMILES string of the molecule is Fc1ccc2[nH]cc(C3=CCN(CCN4CCN(c5cccc6[nH]ccc56)CC4)CC3)c2c1. The highest BCUT2D eigenvalue weighted by Crippen LogP contribution is 2.30. The van der Waals surface area contributed by atoms with Crippen LogP contribution in [0.4, 0.5) is 10.1 Å². The van der Waals surface area contributed by atoms with Crippen molar-refractivity contribution in [1.82, 2.24) is 19.8 Å². The van der Waals surface area contributed by atoms with E-state index >= 15 is 0 Å². The zero-order chi connectivity index (χ0) is 22.2. The van der Waals surface area contributed by atoms with Gasteiger partial charge < -0.3 is 14.9 Å². The summed E-state index contributed by atoms with van der Waals surface area (Å²) in [5.74, 6) is -0.175. The van der Waals surface area contributed by atoms with E-state index in [0.717, 1.165) is 75.2 Å². The van der Waals surface area contributed by atoms with Crippen molar-refractivity contribution in [2.45, 2.75) is 6.42 Å². The number of hydrogen-bond donors (Lipinski definition) is 2. The van der Waals surface area contributed by atoms with Crippen LogP contribution in [0.3, 0.4) is 0 Å². The van der Waals surface area contributed by atoms with Gasteiger partial charge in [-0.15, -0.1) is 0 Å². The monoisotopic (exact) mass is 443 g/mol. The molecule has 2 N–H and O–H groups in total. The molecule has 2 aliphatic heterocycles. The van der Waals surface area contributed by atoms with Crippen molar-refractivity contribution in [3.63, 3.8) is 0 Å². The van der Waals surface area contributed by atoms with Crippen LogP contribution in [0, 0.1) is 5.82 Å². The lowest BCUT2D eigenvalue weighted by atomic mass is 9.99. The second-order valence-corrected chi connectivity index (χ2v) is 9.22. The van der Waals surface area contributed by atoms with E-state index in [1.165, 1.54) is 28.2 Å². The summed E-state index contributed by atoms with van der Waals surface area (Å²) in [7, 11) is 0. The number of fused-ring (bicyclic) bond motifs is 2. The van der Waals surface area contributed by atoms with Gasteiger partial charge in [0.1, 0.15) is 5.82 Å². The third kappa shape index (κ3) is 4.05. The number of aromatic nitrogens is 2. The first-order valence-corrected chi connectivity index (χ1v) is 12.0. The summed E-state index contributed by atoms with van der Waals surface area (Å²) >= 11 is 0. The topological polar surface area (TPSA) is 41.3 Å². The first kappa shape index (κ1) is 20.5. The molecular formula is C27H30FN5. The molecule has 0 radical (unpaired) electrons. The molecule has 0 unspecified atom stereocenters. The highest BCUT2D eigenvalue weighted by atomic mass is 19.1. The summed E-state index contributed by atoms with van der Waals surface area (Å²) < 4.78 is 13.7. The van der Waals surface area contributed by atoms with Gasteiger partial charge in [0.2, 0.25) is 0 Å². The fraction of sp³-hybridized carbons (Fsp3) is 0.333. The number of halogens is 1.